The molecule has 0 unspecified atom stereocenters. The van der Waals surface area contributed by atoms with E-state index in [-0.39, 0.29) is 10.7 Å². The van der Waals surface area contributed by atoms with Gasteiger partial charge in [-0.3, -0.25) is 0 Å². The first kappa shape index (κ1) is 13.8. The maximum atomic E-state index is 12.8. The summed E-state index contributed by atoms with van der Waals surface area (Å²) in [4.78, 5) is 0. The number of aromatic nitrogens is 2. The Morgan fingerprint density at radius 3 is 2.53 bits per heavy atom. The summed E-state index contributed by atoms with van der Waals surface area (Å²) in [6.07, 6.45) is -2.87. The Hall–Kier alpha value is -1.64. The normalized spacial score (nSPS) is 10.8. The zero-order chi connectivity index (χ0) is 14.2. The van der Waals surface area contributed by atoms with Crippen LogP contribution in [-0.4, -0.2) is 9.78 Å². The number of hydrogen-bond acceptors (Lipinski definition) is 2. The fourth-order valence-electron chi connectivity index (χ4n) is 1.55. The molecule has 0 saturated carbocycles. The highest BCUT2D eigenvalue weighted by Gasteiger charge is 2.23. The molecule has 0 spiro atoms. The molecule has 0 bridgehead atoms. The molecule has 0 fully saturated rings. The molecule has 2 aromatic rings. The van der Waals surface area contributed by atoms with Gasteiger partial charge in [-0.1, -0.05) is 29.3 Å². The van der Waals surface area contributed by atoms with E-state index in [0.29, 0.717) is 10.7 Å². The predicted octanol–water partition coefficient (Wildman–Crippen LogP) is 4.30. The van der Waals surface area contributed by atoms with E-state index in [1.54, 1.807) is 24.3 Å². The van der Waals surface area contributed by atoms with Gasteiger partial charge in [0.2, 0.25) is 0 Å². The number of benzene rings is 1. The molecule has 7 heteroatoms. The molecular formula is C12H7Cl2F2N3. The topological polar surface area (TPSA) is 41.6 Å². The highest BCUT2D eigenvalue weighted by atomic mass is 35.5. The van der Waals surface area contributed by atoms with Gasteiger partial charge in [-0.25, -0.2) is 13.5 Å². The summed E-state index contributed by atoms with van der Waals surface area (Å²) in [5, 5.41) is 12.8. The molecule has 98 valence electrons. The van der Waals surface area contributed by atoms with Crippen molar-refractivity contribution in [3.05, 3.63) is 45.2 Å². The van der Waals surface area contributed by atoms with Gasteiger partial charge in [-0.15, -0.1) is 0 Å². The van der Waals surface area contributed by atoms with Crippen molar-refractivity contribution in [1.82, 2.24) is 9.78 Å². The Morgan fingerprint density at radius 2 is 2.05 bits per heavy atom. The van der Waals surface area contributed by atoms with Gasteiger partial charge in [0.15, 0.2) is 5.15 Å². The van der Waals surface area contributed by atoms with Crippen LogP contribution in [-0.2, 0) is 0 Å². The fraction of sp³-hybridized carbons (Fsp3) is 0.167. The highest BCUT2D eigenvalue weighted by molar-refractivity contribution is 6.32. The molecule has 0 aliphatic heterocycles. The molecule has 0 radical (unpaired) electrons. The monoisotopic (exact) mass is 301 g/mol. The number of aryl methyl sites for hydroxylation is 1. The van der Waals surface area contributed by atoms with E-state index in [1.807, 2.05) is 6.92 Å². The molecule has 0 amide bonds. The van der Waals surface area contributed by atoms with E-state index < -0.39 is 12.1 Å². The van der Waals surface area contributed by atoms with Crippen LogP contribution in [0, 0.1) is 18.3 Å². The quantitative estimate of drug-likeness (QED) is 0.830. The lowest BCUT2D eigenvalue weighted by atomic mass is 10.2. The molecule has 0 saturated heterocycles. The van der Waals surface area contributed by atoms with Crippen molar-refractivity contribution in [2.24, 2.45) is 0 Å². The van der Waals surface area contributed by atoms with E-state index in [0.717, 1.165) is 10.2 Å². The van der Waals surface area contributed by atoms with E-state index in [2.05, 4.69) is 5.10 Å². The number of alkyl halides is 2. The van der Waals surface area contributed by atoms with Gasteiger partial charge in [0.05, 0.1) is 5.69 Å². The van der Waals surface area contributed by atoms with Crippen molar-refractivity contribution < 1.29 is 8.78 Å². The van der Waals surface area contributed by atoms with Crippen LogP contribution < -0.4 is 0 Å². The van der Waals surface area contributed by atoms with Crippen LogP contribution in [0.4, 0.5) is 8.78 Å². The SMILES string of the molecule is Cc1ccc(-n2nc(C(F)F)c(C#N)c2Cl)cc1Cl. The van der Waals surface area contributed by atoms with Gasteiger partial charge in [-0.2, -0.15) is 10.4 Å². The number of nitrogens with zero attached hydrogens (tertiary/aromatic N) is 3. The van der Waals surface area contributed by atoms with Crippen molar-refractivity contribution in [2.75, 3.05) is 0 Å². The predicted molar refractivity (Wildman–Crippen MR) is 68.0 cm³/mol. The summed E-state index contributed by atoms with van der Waals surface area (Å²) in [6.45, 7) is 1.81. The molecule has 0 atom stereocenters. The van der Waals surface area contributed by atoms with Crippen LogP contribution in [0.25, 0.3) is 5.69 Å². The minimum atomic E-state index is -2.87. The van der Waals surface area contributed by atoms with E-state index >= 15 is 0 Å². The van der Waals surface area contributed by atoms with Crippen molar-refractivity contribution >= 4 is 23.2 Å². The molecule has 0 aliphatic rings. The third-order valence-electron chi connectivity index (χ3n) is 2.57. The Morgan fingerprint density at radius 1 is 1.37 bits per heavy atom. The minimum absolute atomic E-state index is 0.155. The zero-order valence-corrected chi connectivity index (χ0v) is 11.2. The Kier molecular flexibility index (Phi) is 3.74. The Balaban J connectivity index is 2.63. The molecule has 1 aromatic heterocycles. The third kappa shape index (κ3) is 2.42. The van der Waals surface area contributed by atoms with Gasteiger partial charge < -0.3 is 0 Å². The van der Waals surface area contributed by atoms with Crippen molar-refractivity contribution in [3.63, 3.8) is 0 Å². The molecule has 0 N–H and O–H groups in total. The lowest BCUT2D eigenvalue weighted by Gasteiger charge is -2.05. The maximum Gasteiger partial charge on any atom is 0.283 e. The van der Waals surface area contributed by atoms with Gasteiger partial charge in [-0.05, 0) is 24.6 Å². The maximum absolute atomic E-state index is 12.8. The Bertz CT molecular complexity index is 674. The first-order valence-corrected chi connectivity index (χ1v) is 5.94. The Labute approximate surface area is 118 Å². The number of hydrogen-bond donors (Lipinski definition) is 0. The van der Waals surface area contributed by atoms with Crippen LogP contribution in [0.15, 0.2) is 18.2 Å². The summed E-state index contributed by atoms with van der Waals surface area (Å²) >= 11 is 11.9. The largest absolute Gasteiger partial charge is 0.283 e. The average molecular weight is 302 g/mol. The number of halogens is 4. The van der Waals surface area contributed by atoms with Gasteiger partial charge in [0.1, 0.15) is 17.3 Å². The van der Waals surface area contributed by atoms with Crippen LogP contribution >= 0.6 is 23.2 Å². The minimum Gasteiger partial charge on any atom is -0.220 e. The van der Waals surface area contributed by atoms with Crippen LogP contribution in [0.2, 0.25) is 10.2 Å². The van der Waals surface area contributed by atoms with Gasteiger partial charge >= 0.3 is 0 Å². The summed E-state index contributed by atoms with van der Waals surface area (Å²) < 4.78 is 26.6. The first-order chi connectivity index (χ1) is 8.95. The zero-order valence-electron chi connectivity index (χ0n) is 9.66. The second-order valence-electron chi connectivity index (χ2n) is 3.81. The molecule has 3 nitrogen and oxygen atoms in total. The second kappa shape index (κ2) is 5.16. The van der Waals surface area contributed by atoms with Crippen LogP contribution in [0.3, 0.4) is 0 Å². The van der Waals surface area contributed by atoms with Crippen molar-refractivity contribution in [2.45, 2.75) is 13.3 Å². The summed E-state index contributed by atoms with van der Waals surface area (Å²) in [6, 6.07) is 6.53. The van der Waals surface area contributed by atoms with E-state index in [1.165, 1.54) is 0 Å². The molecule has 1 aromatic carbocycles. The first-order valence-electron chi connectivity index (χ1n) is 5.19. The smallest absolute Gasteiger partial charge is 0.220 e. The summed E-state index contributed by atoms with van der Waals surface area (Å²) in [5.41, 5.74) is 0.296. The highest BCUT2D eigenvalue weighted by Crippen LogP contribution is 2.30. The standard InChI is InChI=1S/C12H7Cl2F2N3/c1-6-2-3-7(4-9(6)13)19-11(14)8(5-17)10(18-19)12(15)16/h2-4,12H,1H3. The average Bonchev–Trinajstić information content (AvgIpc) is 2.70. The van der Waals surface area contributed by atoms with Crippen LogP contribution in [0.1, 0.15) is 23.2 Å². The third-order valence-corrected chi connectivity index (χ3v) is 3.33. The van der Waals surface area contributed by atoms with E-state index in [9.17, 15) is 8.78 Å². The fourth-order valence-corrected chi connectivity index (χ4v) is 2.00. The molecular weight excluding hydrogens is 295 g/mol. The van der Waals surface area contributed by atoms with Crippen molar-refractivity contribution in [3.8, 4) is 11.8 Å². The second-order valence-corrected chi connectivity index (χ2v) is 4.57. The number of rotatable bonds is 2. The molecule has 0 aliphatic carbocycles. The molecule has 1 heterocycles. The summed E-state index contributed by atoms with van der Waals surface area (Å²) in [5.74, 6) is 0. The summed E-state index contributed by atoms with van der Waals surface area (Å²) in [7, 11) is 0. The van der Waals surface area contributed by atoms with Gasteiger partial charge in [0, 0.05) is 5.02 Å². The van der Waals surface area contributed by atoms with Crippen LogP contribution in [0.5, 0.6) is 0 Å². The molecule has 2 rings (SSSR count). The number of nitriles is 1. The lowest BCUT2D eigenvalue weighted by Crippen LogP contribution is -1.98. The van der Waals surface area contributed by atoms with Gasteiger partial charge in [0.25, 0.3) is 6.43 Å². The lowest BCUT2D eigenvalue weighted by molar-refractivity contribution is 0.145. The van der Waals surface area contributed by atoms with Crippen molar-refractivity contribution in [1.29, 1.82) is 5.26 Å². The van der Waals surface area contributed by atoms with E-state index in [4.69, 9.17) is 28.5 Å². The molecule has 19 heavy (non-hydrogen) atoms.